The molecule has 21 heavy (non-hydrogen) atoms. The SMILES string of the molecule is CCOc1cncc(C(N)c2cccc(S(C)(=O)=O)c2)c1. The van der Waals surface area contributed by atoms with E-state index in [2.05, 4.69) is 4.98 Å². The Bertz CT molecular complexity index is 729. The van der Waals surface area contributed by atoms with Crippen molar-refractivity contribution in [1.82, 2.24) is 4.98 Å². The van der Waals surface area contributed by atoms with Gasteiger partial charge in [-0.3, -0.25) is 4.98 Å². The molecule has 0 aliphatic carbocycles. The summed E-state index contributed by atoms with van der Waals surface area (Å²) in [5, 5.41) is 0. The van der Waals surface area contributed by atoms with Crippen LogP contribution in [0.2, 0.25) is 0 Å². The highest BCUT2D eigenvalue weighted by molar-refractivity contribution is 7.90. The van der Waals surface area contributed by atoms with Crippen LogP contribution in [0.15, 0.2) is 47.6 Å². The van der Waals surface area contributed by atoms with Gasteiger partial charge >= 0.3 is 0 Å². The van der Waals surface area contributed by atoms with Crippen molar-refractivity contribution >= 4 is 9.84 Å². The topological polar surface area (TPSA) is 82.3 Å². The number of nitrogens with zero attached hydrogens (tertiary/aromatic N) is 1. The third-order valence-electron chi connectivity index (χ3n) is 3.05. The lowest BCUT2D eigenvalue weighted by Crippen LogP contribution is -2.13. The highest BCUT2D eigenvalue weighted by Crippen LogP contribution is 2.24. The van der Waals surface area contributed by atoms with Crippen molar-refractivity contribution in [3.8, 4) is 5.75 Å². The fraction of sp³-hybridized carbons (Fsp3) is 0.267. The van der Waals surface area contributed by atoms with Crippen molar-refractivity contribution in [2.45, 2.75) is 17.9 Å². The van der Waals surface area contributed by atoms with E-state index in [1.807, 2.05) is 13.0 Å². The fourth-order valence-corrected chi connectivity index (χ4v) is 2.66. The molecule has 112 valence electrons. The number of nitrogens with two attached hydrogens (primary N) is 1. The van der Waals surface area contributed by atoms with E-state index in [4.69, 9.17) is 10.5 Å². The van der Waals surface area contributed by atoms with Gasteiger partial charge in [0.15, 0.2) is 9.84 Å². The molecule has 0 saturated heterocycles. The average molecular weight is 306 g/mol. The van der Waals surface area contributed by atoms with Crippen molar-refractivity contribution in [3.63, 3.8) is 0 Å². The molecule has 0 radical (unpaired) electrons. The standard InChI is InChI=1S/C15H18N2O3S/c1-3-20-13-7-12(9-17-10-13)15(16)11-5-4-6-14(8-11)21(2,18)19/h4-10,15H,3,16H2,1-2H3. The van der Waals surface area contributed by atoms with Gasteiger partial charge in [0.2, 0.25) is 0 Å². The molecule has 5 nitrogen and oxygen atoms in total. The minimum Gasteiger partial charge on any atom is -0.492 e. The second kappa shape index (κ2) is 6.24. The van der Waals surface area contributed by atoms with E-state index in [1.165, 1.54) is 6.26 Å². The molecule has 0 spiro atoms. The van der Waals surface area contributed by atoms with E-state index in [0.717, 1.165) is 5.56 Å². The molecule has 6 heteroatoms. The number of hydrogen-bond acceptors (Lipinski definition) is 5. The van der Waals surface area contributed by atoms with Crippen molar-refractivity contribution in [1.29, 1.82) is 0 Å². The molecule has 2 rings (SSSR count). The fourth-order valence-electron chi connectivity index (χ4n) is 1.98. The summed E-state index contributed by atoms with van der Waals surface area (Å²) in [5.41, 5.74) is 7.69. The highest BCUT2D eigenvalue weighted by Gasteiger charge is 2.14. The largest absolute Gasteiger partial charge is 0.492 e. The quantitative estimate of drug-likeness (QED) is 0.912. The Morgan fingerprint density at radius 2 is 2.00 bits per heavy atom. The third kappa shape index (κ3) is 3.80. The summed E-state index contributed by atoms with van der Waals surface area (Å²) in [5.74, 6) is 0.643. The van der Waals surface area contributed by atoms with Gasteiger partial charge < -0.3 is 10.5 Å². The monoisotopic (exact) mass is 306 g/mol. The van der Waals surface area contributed by atoms with E-state index < -0.39 is 15.9 Å². The molecular formula is C15H18N2O3S. The number of pyridine rings is 1. The molecule has 2 aromatic rings. The first-order valence-electron chi connectivity index (χ1n) is 6.55. The lowest BCUT2D eigenvalue weighted by atomic mass is 10.0. The number of aromatic nitrogens is 1. The molecule has 1 unspecified atom stereocenters. The summed E-state index contributed by atoms with van der Waals surface area (Å²) in [6, 6.07) is 7.99. The van der Waals surface area contributed by atoms with Gasteiger partial charge in [-0.25, -0.2) is 8.42 Å². The van der Waals surface area contributed by atoms with Crippen LogP contribution in [0.4, 0.5) is 0 Å². The van der Waals surface area contributed by atoms with Gasteiger partial charge in [-0.1, -0.05) is 12.1 Å². The second-order valence-electron chi connectivity index (χ2n) is 4.71. The maximum absolute atomic E-state index is 11.6. The first-order valence-corrected chi connectivity index (χ1v) is 8.44. The molecule has 0 aliphatic rings. The number of benzene rings is 1. The third-order valence-corrected chi connectivity index (χ3v) is 4.16. The highest BCUT2D eigenvalue weighted by atomic mass is 32.2. The first kappa shape index (κ1) is 15.5. The minimum absolute atomic E-state index is 0.254. The lowest BCUT2D eigenvalue weighted by molar-refractivity contribution is 0.338. The first-order chi connectivity index (χ1) is 9.91. The van der Waals surface area contributed by atoms with Crippen LogP contribution in [0.25, 0.3) is 0 Å². The van der Waals surface area contributed by atoms with Gasteiger partial charge in [0, 0.05) is 12.5 Å². The average Bonchev–Trinajstić information content (AvgIpc) is 2.46. The van der Waals surface area contributed by atoms with Crippen molar-refractivity contribution in [2.24, 2.45) is 5.73 Å². The summed E-state index contributed by atoms with van der Waals surface area (Å²) >= 11 is 0. The normalized spacial score (nSPS) is 12.9. The summed E-state index contributed by atoms with van der Waals surface area (Å²) < 4.78 is 28.6. The predicted molar refractivity (Wildman–Crippen MR) is 81.0 cm³/mol. The van der Waals surface area contributed by atoms with Gasteiger partial charge in [0.25, 0.3) is 0 Å². The molecular weight excluding hydrogens is 288 g/mol. The van der Waals surface area contributed by atoms with Crippen LogP contribution >= 0.6 is 0 Å². The molecule has 0 amide bonds. The molecule has 2 N–H and O–H groups in total. The molecule has 1 heterocycles. The molecule has 1 atom stereocenters. The lowest BCUT2D eigenvalue weighted by Gasteiger charge is -2.14. The van der Waals surface area contributed by atoms with E-state index >= 15 is 0 Å². The zero-order chi connectivity index (χ0) is 15.5. The van der Waals surface area contributed by atoms with E-state index in [9.17, 15) is 8.42 Å². The number of rotatable bonds is 5. The van der Waals surface area contributed by atoms with Crippen molar-refractivity contribution in [2.75, 3.05) is 12.9 Å². The summed E-state index contributed by atoms with van der Waals surface area (Å²) in [7, 11) is -3.25. The van der Waals surface area contributed by atoms with Gasteiger partial charge in [0.1, 0.15) is 5.75 Å². The number of sulfone groups is 1. The molecule has 0 saturated carbocycles. The smallest absolute Gasteiger partial charge is 0.175 e. The maximum atomic E-state index is 11.6. The molecule has 1 aromatic heterocycles. The summed E-state index contributed by atoms with van der Waals surface area (Å²) in [6.07, 6.45) is 4.45. The Kier molecular flexibility index (Phi) is 4.59. The number of hydrogen-bond donors (Lipinski definition) is 1. The van der Waals surface area contributed by atoms with E-state index in [-0.39, 0.29) is 4.90 Å². The Hall–Kier alpha value is -1.92. The zero-order valence-electron chi connectivity index (χ0n) is 12.0. The predicted octanol–water partition coefficient (Wildman–Crippen LogP) is 1.93. The second-order valence-corrected chi connectivity index (χ2v) is 6.73. The summed E-state index contributed by atoms with van der Waals surface area (Å²) in [6.45, 7) is 2.44. The van der Waals surface area contributed by atoms with Crippen LogP contribution in [0.5, 0.6) is 5.75 Å². The Balaban J connectivity index is 2.36. The molecule has 0 fully saturated rings. The van der Waals surface area contributed by atoms with Crippen LogP contribution in [0.1, 0.15) is 24.1 Å². The zero-order valence-corrected chi connectivity index (χ0v) is 12.8. The maximum Gasteiger partial charge on any atom is 0.175 e. The van der Waals surface area contributed by atoms with E-state index in [1.54, 1.807) is 36.7 Å². The molecule has 1 aromatic carbocycles. The van der Waals surface area contributed by atoms with Crippen molar-refractivity contribution in [3.05, 3.63) is 53.9 Å². The molecule has 0 bridgehead atoms. The Labute approximate surface area is 124 Å². The van der Waals surface area contributed by atoms with Crippen LogP contribution in [0.3, 0.4) is 0 Å². The van der Waals surface area contributed by atoms with Crippen LogP contribution in [-0.2, 0) is 9.84 Å². The number of ether oxygens (including phenoxy) is 1. The van der Waals surface area contributed by atoms with E-state index in [0.29, 0.717) is 17.9 Å². The summed E-state index contributed by atoms with van der Waals surface area (Å²) in [4.78, 5) is 4.35. The van der Waals surface area contributed by atoms with Gasteiger partial charge in [-0.2, -0.15) is 0 Å². The van der Waals surface area contributed by atoms with Crippen LogP contribution in [0, 0.1) is 0 Å². The minimum atomic E-state index is -3.25. The van der Waals surface area contributed by atoms with Crippen molar-refractivity contribution < 1.29 is 13.2 Å². The van der Waals surface area contributed by atoms with Crippen LogP contribution < -0.4 is 10.5 Å². The Morgan fingerprint density at radius 3 is 2.67 bits per heavy atom. The van der Waals surface area contributed by atoms with Gasteiger partial charge in [-0.15, -0.1) is 0 Å². The van der Waals surface area contributed by atoms with Gasteiger partial charge in [0.05, 0.1) is 23.7 Å². The Morgan fingerprint density at radius 1 is 1.24 bits per heavy atom. The molecule has 0 aliphatic heterocycles. The van der Waals surface area contributed by atoms with Crippen LogP contribution in [-0.4, -0.2) is 26.3 Å². The van der Waals surface area contributed by atoms with Gasteiger partial charge in [-0.05, 0) is 36.2 Å².